The Bertz CT molecular complexity index is 951. The summed E-state index contributed by atoms with van der Waals surface area (Å²) < 4.78 is 14.5. The van der Waals surface area contributed by atoms with Crippen molar-refractivity contribution in [1.29, 1.82) is 0 Å². The summed E-state index contributed by atoms with van der Waals surface area (Å²) in [6, 6.07) is 5.57. The summed E-state index contributed by atoms with van der Waals surface area (Å²) in [4.78, 5) is 19.1. The zero-order chi connectivity index (χ0) is 18.8. The maximum atomic E-state index is 13.0. The predicted molar refractivity (Wildman–Crippen MR) is 95.0 cm³/mol. The third kappa shape index (κ3) is 3.40. The highest BCUT2D eigenvalue weighted by atomic mass is 16.5. The van der Waals surface area contributed by atoms with E-state index in [2.05, 4.69) is 20.5 Å². The summed E-state index contributed by atoms with van der Waals surface area (Å²) in [5.74, 6) is 0.552. The quantitative estimate of drug-likeness (QED) is 0.641. The number of ether oxygens (including phenoxy) is 2. The van der Waals surface area contributed by atoms with Crippen molar-refractivity contribution in [1.82, 2.24) is 34.7 Å². The molecule has 0 radical (unpaired) electrons. The van der Waals surface area contributed by atoms with Gasteiger partial charge in [0.1, 0.15) is 6.10 Å². The van der Waals surface area contributed by atoms with Crippen LogP contribution in [0.3, 0.4) is 0 Å². The van der Waals surface area contributed by atoms with Crippen molar-refractivity contribution in [2.45, 2.75) is 12.6 Å². The van der Waals surface area contributed by atoms with Crippen molar-refractivity contribution in [2.75, 3.05) is 33.4 Å². The van der Waals surface area contributed by atoms with Gasteiger partial charge in [-0.1, -0.05) is 0 Å². The first-order chi connectivity index (χ1) is 13.2. The van der Waals surface area contributed by atoms with E-state index in [0.29, 0.717) is 44.2 Å². The van der Waals surface area contributed by atoms with Gasteiger partial charge in [-0.2, -0.15) is 0 Å². The normalized spacial score (nSPS) is 17.6. The summed E-state index contributed by atoms with van der Waals surface area (Å²) in [7, 11) is 3.55. The molecule has 2 aromatic heterocycles. The van der Waals surface area contributed by atoms with Gasteiger partial charge in [0, 0.05) is 26.3 Å². The highest BCUT2D eigenvalue weighted by molar-refractivity contribution is 5.97. The van der Waals surface area contributed by atoms with Gasteiger partial charge in [-0.15, -0.1) is 5.10 Å². The molecule has 1 saturated heterocycles. The number of imidazole rings is 1. The first-order valence-corrected chi connectivity index (χ1v) is 8.74. The Morgan fingerprint density at radius 1 is 1.41 bits per heavy atom. The number of nitrogens with zero attached hydrogens (tertiary/aromatic N) is 7. The second kappa shape index (κ2) is 7.41. The molecule has 0 N–H and O–H groups in total. The third-order valence-corrected chi connectivity index (χ3v) is 4.68. The van der Waals surface area contributed by atoms with Crippen LogP contribution in [0.25, 0.3) is 11.0 Å². The number of aromatic nitrogens is 6. The smallest absolute Gasteiger partial charge is 0.254 e. The molecule has 0 bridgehead atoms. The van der Waals surface area contributed by atoms with E-state index in [4.69, 9.17) is 9.47 Å². The monoisotopic (exact) mass is 371 g/mol. The topological polar surface area (TPSA) is 100 Å². The van der Waals surface area contributed by atoms with Crippen LogP contribution < -0.4 is 0 Å². The highest BCUT2D eigenvalue weighted by Crippen LogP contribution is 2.22. The number of fused-ring (bicyclic) bond motifs is 1. The van der Waals surface area contributed by atoms with Crippen molar-refractivity contribution in [3.63, 3.8) is 0 Å². The van der Waals surface area contributed by atoms with Gasteiger partial charge in [0.2, 0.25) is 0 Å². The Balaban J connectivity index is 1.52. The van der Waals surface area contributed by atoms with Crippen LogP contribution in [0.5, 0.6) is 0 Å². The number of amides is 1. The molecule has 3 aromatic rings. The Kier molecular flexibility index (Phi) is 4.82. The van der Waals surface area contributed by atoms with E-state index in [1.54, 1.807) is 23.0 Å². The van der Waals surface area contributed by atoms with E-state index < -0.39 is 0 Å². The van der Waals surface area contributed by atoms with Gasteiger partial charge >= 0.3 is 0 Å². The van der Waals surface area contributed by atoms with E-state index in [1.165, 1.54) is 0 Å². The number of hydrogen-bond acceptors (Lipinski definition) is 7. The summed E-state index contributed by atoms with van der Waals surface area (Å²) in [5, 5.41) is 11.8. The molecule has 4 rings (SSSR count). The maximum absolute atomic E-state index is 13.0. The third-order valence-electron chi connectivity index (χ3n) is 4.68. The minimum absolute atomic E-state index is 0.0493. The van der Waals surface area contributed by atoms with Gasteiger partial charge in [0.25, 0.3) is 5.91 Å². The second-order valence-corrected chi connectivity index (χ2v) is 6.42. The fourth-order valence-corrected chi connectivity index (χ4v) is 3.22. The molecule has 0 saturated carbocycles. The van der Waals surface area contributed by atoms with Crippen molar-refractivity contribution in [3.05, 3.63) is 35.9 Å². The minimum atomic E-state index is -0.367. The molecule has 1 aromatic carbocycles. The van der Waals surface area contributed by atoms with E-state index in [1.807, 2.05) is 29.8 Å². The van der Waals surface area contributed by atoms with Crippen LogP contribution in [-0.4, -0.2) is 74.0 Å². The molecule has 1 atom stereocenters. The number of morpholine rings is 1. The number of benzene rings is 1. The standard InChI is InChI=1S/C17H21N7O3/c1-22-11-18-13-9-12(3-4-14(13)22)17(25)23-5-8-27-15(10-23)16-19-20-21-24(16)6-7-26-2/h3-4,9,11,15H,5-8,10H2,1-2H3. The van der Waals surface area contributed by atoms with Gasteiger partial charge in [-0.25, -0.2) is 9.67 Å². The van der Waals surface area contributed by atoms with Crippen molar-refractivity contribution in [2.24, 2.45) is 7.05 Å². The van der Waals surface area contributed by atoms with Gasteiger partial charge in [-0.05, 0) is 28.6 Å². The molecule has 0 spiro atoms. The Morgan fingerprint density at radius 2 is 2.30 bits per heavy atom. The first kappa shape index (κ1) is 17.6. The number of rotatable bonds is 5. The van der Waals surface area contributed by atoms with Crippen LogP contribution in [0.4, 0.5) is 0 Å². The predicted octanol–water partition coefficient (Wildman–Crippen LogP) is 0.420. The lowest BCUT2D eigenvalue weighted by atomic mass is 10.1. The van der Waals surface area contributed by atoms with Crippen LogP contribution >= 0.6 is 0 Å². The summed E-state index contributed by atoms with van der Waals surface area (Å²) in [5.41, 5.74) is 2.40. The number of tetrazole rings is 1. The maximum Gasteiger partial charge on any atom is 0.254 e. The van der Waals surface area contributed by atoms with E-state index >= 15 is 0 Å². The molecule has 3 heterocycles. The molecule has 1 amide bonds. The van der Waals surface area contributed by atoms with E-state index in [0.717, 1.165) is 11.0 Å². The van der Waals surface area contributed by atoms with Crippen molar-refractivity contribution in [3.8, 4) is 0 Å². The number of aryl methyl sites for hydroxylation is 1. The number of hydrogen-bond donors (Lipinski definition) is 0. The number of carbonyl (C=O) groups excluding carboxylic acids is 1. The molecular formula is C17H21N7O3. The summed E-state index contributed by atoms with van der Waals surface area (Å²) in [6.07, 6.45) is 1.37. The zero-order valence-corrected chi connectivity index (χ0v) is 15.3. The van der Waals surface area contributed by atoms with E-state index in [9.17, 15) is 4.79 Å². The molecule has 10 heteroatoms. The lowest BCUT2D eigenvalue weighted by Crippen LogP contribution is -2.43. The fraction of sp³-hybridized carbons (Fsp3) is 0.471. The Hall–Kier alpha value is -2.85. The van der Waals surface area contributed by atoms with E-state index in [-0.39, 0.29) is 12.0 Å². The lowest BCUT2D eigenvalue weighted by molar-refractivity contribution is -0.0292. The molecule has 1 unspecified atom stereocenters. The highest BCUT2D eigenvalue weighted by Gasteiger charge is 2.30. The number of carbonyl (C=O) groups is 1. The van der Waals surface area contributed by atoms with Crippen LogP contribution in [0, 0.1) is 0 Å². The van der Waals surface area contributed by atoms with Crippen LogP contribution in [0.2, 0.25) is 0 Å². The Morgan fingerprint density at radius 3 is 3.15 bits per heavy atom. The zero-order valence-electron chi connectivity index (χ0n) is 15.3. The SMILES string of the molecule is COCCn1nnnc1C1CN(C(=O)c2ccc3c(c2)ncn3C)CCO1. The van der Waals surface area contributed by atoms with Crippen LogP contribution in [-0.2, 0) is 23.1 Å². The summed E-state index contributed by atoms with van der Waals surface area (Å²) in [6.45, 7) is 2.38. The fourth-order valence-electron chi connectivity index (χ4n) is 3.22. The van der Waals surface area contributed by atoms with Crippen LogP contribution in [0.15, 0.2) is 24.5 Å². The first-order valence-electron chi connectivity index (χ1n) is 8.74. The van der Waals surface area contributed by atoms with Gasteiger partial charge in [0.15, 0.2) is 5.82 Å². The molecule has 27 heavy (non-hydrogen) atoms. The molecule has 0 aliphatic carbocycles. The minimum Gasteiger partial charge on any atom is -0.383 e. The van der Waals surface area contributed by atoms with Crippen LogP contribution in [0.1, 0.15) is 22.3 Å². The van der Waals surface area contributed by atoms with Gasteiger partial charge in [-0.3, -0.25) is 4.79 Å². The molecule has 142 valence electrons. The largest absolute Gasteiger partial charge is 0.383 e. The van der Waals surface area contributed by atoms with Crippen molar-refractivity contribution >= 4 is 16.9 Å². The Labute approximate surface area is 155 Å². The van der Waals surface area contributed by atoms with Gasteiger partial charge < -0.3 is 18.9 Å². The second-order valence-electron chi connectivity index (χ2n) is 6.42. The average molecular weight is 371 g/mol. The molecular weight excluding hydrogens is 350 g/mol. The molecule has 10 nitrogen and oxygen atoms in total. The lowest BCUT2D eigenvalue weighted by Gasteiger charge is -2.32. The number of methoxy groups -OCH3 is 1. The van der Waals surface area contributed by atoms with Gasteiger partial charge in [0.05, 0.1) is 43.7 Å². The van der Waals surface area contributed by atoms with Crippen molar-refractivity contribution < 1.29 is 14.3 Å². The molecule has 1 aliphatic heterocycles. The average Bonchev–Trinajstić information content (AvgIpc) is 3.32. The summed E-state index contributed by atoms with van der Waals surface area (Å²) >= 11 is 0. The molecule has 1 aliphatic rings. The molecule has 1 fully saturated rings.